The maximum atomic E-state index is 11.2. The van der Waals surface area contributed by atoms with E-state index in [0.29, 0.717) is 24.4 Å². The van der Waals surface area contributed by atoms with Crippen LogP contribution in [0.4, 0.5) is 0 Å². The van der Waals surface area contributed by atoms with Gasteiger partial charge in [0.1, 0.15) is 5.75 Å². The van der Waals surface area contributed by atoms with Crippen molar-refractivity contribution in [2.24, 2.45) is 5.73 Å². The second-order valence-corrected chi connectivity index (χ2v) is 6.09. The van der Waals surface area contributed by atoms with Gasteiger partial charge in [0.05, 0.1) is 7.11 Å². The first-order valence-corrected chi connectivity index (χ1v) is 8.30. The molecule has 0 saturated carbocycles. The van der Waals surface area contributed by atoms with E-state index in [1.807, 2.05) is 38.1 Å². The van der Waals surface area contributed by atoms with Crippen LogP contribution in [0.15, 0.2) is 36.4 Å². The summed E-state index contributed by atoms with van der Waals surface area (Å²) in [6.45, 7) is 5.07. The third-order valence-electron chi connectivity index (χ3n) is 3.95. The van der Waals surface area contributed by atoms with Crippen LogP contribution in [0.25, 0.3) is 0 Å². The van der Waals surface area contributed by atoms with Gasteiger partial charge in [0, 0.05) is 18.7 Å². The van der Waals surface area contributed by atoms with E-state index in [1.165, 1.54) is 7.11 Å². The Balaban J connectivity index is 1.97. The standard InChI is InChI=1S/C20H24N2O4/c1-13-7-16(8-14(2)19(13)26-12-18(23)25-3)11-22-10-15-5-4-6-17(9-15)20(21)24/h4-9,22H,10-12H2,1-3H3,(H2,21,24). The molecule has 0 aromatic heterocycles. The lowest BCUT2D eigenvalue weighted by Crippen LogP contribution is -2.16. The summed E-state index contributed by atoms with van der Waals surface area (Å²) in [5, 5.41) is 3.35. The molecule has 26 heavy (non-hydrogen) atoms. The van der Waals surface area contributed by atoms with Crippen LogP contribution in [0.1, 0.15) is 32.6 Å². The van der Waals surface area contributed by atoms with Crippen molar-refractivity contribution in [3.05, 3.63) is 64.2 Å². The Labute approximate surface area is 153 Å². The lowest BCUT2D eigenvalue weighted by atomic mass is 10.1. The number of methoxy groups -OCH3 is 1. The Hall–Kier alpha value is -2.86. The summed E-state index contributed by atoms with van der Waals surface area (Å²) in [5.74, 6) is -0.137. The van der Waals surface area contributed by atoms with Crippen molar-refractivity contribution in [3.63, 3.8) is 0 Å². The van der Waals surface area contributed by atoms with Crippen molar-refractivity contribution in [2.45, 2.75) is 26.9 Å². The Morgan fingerprint density at radius 2 is 1.69 bits per heavy atom. The number of primary amides is 1. The molecular weight excluding hydrogens is 332 g/mol. The Bertz CT molecular complexity index is 779. The molecule has 1 amide bonds. The van der Waals surface area contributed by atoms with E-state index in [0.717, 1.165) is 22.3 Å². The van der Waals surface area contributed by atoms with Gasteiger partial charge in [-0.3, -0.25) is 4.79 Å². The number of carbonyl (C=O) groups is 2. The number of aryl methyl sites for hydroxylation is 2. The zero-order chi connectivity index (χ0) is 19.1. The average Bonchev–Trinajstić information content (AvgIpc) is 2.61. The molecule has 2 aromatic carbocycles. The SMILES string of the molecule is COC(=O)COc1c(C)cc(CNCc2cccc(C(N)=O)c2)cc1C. The molecule has 0 aliphatic heterocycles. The Kier molecular flexibility index (Phi) is 6.74. The molecule has 2 rings (SSSR count). The van der Waals surface area contributed by atoms with E-state index >= 15 is 0 Å². The Morgan fingerprint density at radius 1 is 1.04 bits per heavy atom. The van der Waals surface area contributed by atoms with Crippen LogP contribution < -0.4 is 15.8 Å². The van der Waals surface area contributed by atoms with E-state index in [2.05, 4.69) is 10.1 Å². The van der Waals surface area contributed by atoms with Crippen LogP contribution >= 0.6 is 0 Å². The number of ether oxygens (including phenoxy) is 2. The average molecular weight is 356 g/mol. The molecule has 0 radical (unpaired) electrons. The third-order valence-corrected chi connectivity index (χ3v) is 3.95. The molecule has 0 aliphatic carbocycles. The molecule has 0 heterocycles. The molecule has 0 bridgehead atoms. The predicted octanol–water partition coefficient (Wildman–Crippen LogP) is 2.24. The molecule has 2 aromatic rings. The molecule has 138 valence electrons. The highest BCUT2D eigenvalue weighted by molar-refractivity contribution is 5.92. The first-order chi connectivity index (χ1) is 12.4. The summed E-state index contributed by atoms with van der Waals surface area (Å²) >= 11 is 0. The Morgan fingerprint density at radius 3 is 2.31 bits per heavy atom. The fourth-order valence-electron chi connectivity index (χ4n) is 2.75. The minimum atomic E-state index is -0.430. The van der Waals surface area contributed by atoms with Crippen LogP contribution in [0, 0.1) is 13.8 Å². The van der Waals surface area contributed by atoms with Gasteiger partial charge in [-0.1, -0.05) is 24.3 Å². The fraction of sp³-hybridized carbons (Fsp3) is 0.300. The number of nitrogens with two attached hydrogens (primary N) is 1. The second-order valence-electron chi connectivity index (χ2n) is 6.09. The van der Waals surface area contributed by atoms with Crippen LogP contribution in [0.5, 0.6) is 5.75 Å². The number of hydrogen-bond donors (Lipinski definition) is 2. The van der Waals surface area contributed by atoms with Gasteiger partial charge in [0.25, 0.3) is 0 Å². The first kappa shape index (κ1) is 19.5. The zero-order valence-electron chi connectivity index (χ0n) is 15.3. The summed E-state index contributed by atoms with van der Waals surface area (Å²) in [5.41, 5.74) is 9.83. The van der Waals surface area contributed by atoms with Gasteiger partial charge < -0.3 is 20.5 Å². The molecule has 0 aliphatic rings. The lowest BCUT2D eigenvalue weighted by molar-refractivity contribution is -0.142. The smallest absolute Gasteiger partial charge is 0.343 e. The molecule has 0 saturated heterocycles. The molecule has 0 atom stereocenters. The zero-order valence-corrected chi connectivity index (χ0v) is 15.3. The van der Waals surface area contributed by atoms with Crippen LogP contribution in [-0.2, 0) is 22.6 Å². The molecule has 0 unspecified atom stereocenters. The number of hydrogen-bond acceptors (Lipinski definition) is 5. The molecule has 0 fully saturated rings. The van der Waals surface area contributed by atoms with Gasteiger partial charge in [-0.15, -0.1) is 0 Å². The van der Waals surface area contributed by atoms with E-state index in [1.54, 1.807) is 12.1 Å². The maximum Gasteiger partial charge on any atom is 0.343 e. The number of esters is 1. The quantitative estimate of drug-likeness (QED) is 0.708. The largest absolute Gasteiger partial charge is 0.481 e. The van der Waals surface area contributed by atoms with Gasteiger partial charge >= 0.3 is 5.97 Å². The van der Waals surface area contributed by atoms with Gasteiger partial charge in [-0.2, -0.15) is 0 Å². The minimum absolute atomic E-state index is 0.105. The van der Waals surface area contributed by atoms with Crippen molar-refractivity contribution in [2.75, 3.05) is 13.7 Å². The van der Waals surface area contributed by atoms with Crippen molar-refractivity contribution in [1.29, 1.82) is 0 Å². The highest BCUT2D eigenvalue weighted by atomic mass is 16.6. The highest BCUT2D eigenvalue weighted by Crippen LogP contribution is 2.25. The molecular formula is C20H24N2O4. The molecule has 6 heteroatoms. The topological polar surface area (TPSA) is 90.7 Å². The van der Waals surface area contributed by atoms with E-state index in [9.17, 15) is 9.59 Å². The highest BCUT2D eigenvalue weighted by Gasteiger charge is 2.09. The molecule has 0 spiro atoms. The van der Waals surface area contributed by atoms with Crippen molar-refractivity contribution in [3.8, 4) is 5.75 Å². The number of carbonyl (C=O) groups excluding carboxylic acids is 2. The van der Waals surface area contributed by atoms with Crippen LogP contribution in [0.2, 0.25) is 0 Å². The molecule has 6 nitrogen and oxygen atoms in total. The minimum Gasteiger partial charge on any atom is -0.481 e. The number of rotatable bonds is 8. The number of nitrogens with one attached hydrogen (secondary N) is 1. The van der Waals surface area contributed by atoms with Crippen molar-refractivity contribution < 1.29 is 19.1 Å². The van der Waals surface area contributed by atoms with Crippen LogP contribution in [0.3, 0.4) is 0 Å². The predicted molar refractivity (Wildman–Crippen MR) is 98.9 cm³/mol. The monoisotopic (exact) mass is 356 g/mol. The lowest BCUT2D eigenvalue weighted by Gasteiger charge is -2.14. The van der Waals surface area contributed by atoms with Crippen molar-refractivity contribution in [1.82, 2.24) is 5.32 Å². The summed E-state index contributed by atoms with van der Waals surface area (Å²) in [4.78, 5) is 22.5. The second kappa shape index (κ2) is 9.01. The van der Waals surface area contributed by atoms with Gasteiger partial charge in [-0.25, -0.2) is 4.79 Å². The van der Waals surface area contributed by atoms with Gasteiger partial charge in [0.15, 0.2) is 6.61 Å². The number of benzene rings is 2. The van der Waals surface area contributed by atoms with E-state index < -0.39 is 11.9 Å². The fourth-order valence-corrected chi connectivity index (χ4v) is 2.75. The normalized spacial score (nSPS) is 10.4. The molecule has 3 N–H and O–H groups in total. The summed E-state index contributed by atoms with van der Waals surface area (Å²) in [7, 11) is 1.33. The maximum absolute atomic E-state index is 11.2. The van der Waals surface area contributed by atoms with E-state index in [4.69, 9.17) is 10.5 Å². The third kappa shape index (κ3) is 5.32. The van der Waals surface area contributed by atoms with Crippen LogP contribution in [-0.4, -0.2) is 25.6 Å². The van der Waals surface area contributed by atoms with Gasteiger partial charge in [-0.05, 0) is 48.2 Å². The summed E-state index contributed by atoms with van der Waals surface area (Å²) < 4.78 is 10.1. The summed E-state index contributed by atoms with van der Waals surface area (Å²) in [6, 6.07) is 11.3. The number of amides is 1. The first-order valence-electron chi connectivity index (χ1n) is 8.30. The van der Waals surface area contributed by atoms with Crippen molar-refractivity contribution >= 4 is 11.9 Å². The summed E-state index contributed by atoms with van der Waals surface area (Å²) in [6.07, 6.45) is 0. The van der Waals surface area contributed by atoms with Gasteiger partial charge in [0.2, 0.25) is 5.91 Å². The van der Waals surface area contributed by atoms with E-state index in [-0.39, 0.29) is 6.61 Å².